The van der Waals surface area contributed by atoms with Gasteiger partial charge >= 0.3 is 0 Å². The Hall–Kier alpha value is -1.75. The average molecular weight is 264 g/mol. The fourth-order valence-electron chi connectivity index (χ4n) is 1.59. The van der Waals surface area contributed by atoms with Gasteiger partial charge in [-0.1, -0.05) is 12.1 Å². The van der Waals surface area contributed by atoms with Gasteiger partial charge < -0.3 is 5.32 Å². The molecule has 94 valence electrons. The van der Waals surface area contributed by atoms with Crippen LogP contribution in [0.25, 0.3) is 0 Å². The molecule has 0 bridgehead atoms. The molecular formula is C13H13FN2OS. The Balaban J connectivity index is 1.75. The van der Waals surface area contributed by atoms with Gasteiger partial charge in [-0.05, 0) is 17.7 Å². The van der Waals surface area contributed by atoms with E-state index in [9.17, 15) is 9.18 Å². The maximum atomic E-state index is 12.9. The van der Waals surface area contributed by atoms with Gasteiger partial charge in [0.25, 0.3) is 0 Å². The minimum Gasteiger partial charge on any atom is -0.355 e. The van der Waals surface area contributed by atoms with E-state index in [0.29, 0.717) is 12.1 Å². The van der Waals surface area contributed by atoms with E-state index in [0.717, 1.165) is 11.3 Å². The second-order valence-electron chi connectivity index (χ2n) is 3.87. The highest BCUT2D eigenvalue weighted by molar-refractivity contribution is 7.09. The van der Waals surface area contributed by atoms with Gasteiger partial charge in [-0.3, -0.25) is 9.78 Å². The molecule has 5 heteroatoms. The van der Waals surface area contributed by atoms with Crippen LogP contribution in [-0.2, 0) is 17.6 Å². The molecule has 1 heterocycles. The first-order valence-electron chi connectivity index (χ1n) is 5.62. The van der Waals surface area contributed by atoms with Crippen LogP contribution in [0.3, 0.4) is 0 Å². The van der Waals surface area contributed by atoms with E-state index < -0.39 is 0 Å². The number of hydrogen-bond acceptors (Lipinski definition) is 3. The number of benzene rings is 1. The number of nitrogens with one attached hydrogen (secondary N) is 1. The molecule has 0 fully saturated rings. The summed E-state index contributed by atoms with van der Waals surface area (Å²) in [6, 6.07) is 6.09. The summed E-state index contributed by atoms with van der Waals surface area (Å²) < 4.78 is 12.9. The third-order valence-electron chi connectivity index (χ3n) is 2.43. The number of amides is 1. The van der Waals surface area contributed by atoms with Crippen molar-refractivity contribution in [3.63, 3.8) is 0 Å². The quantitative estimate of drug-likeness (QED) is 0.899. The normalized spacial score (nSPS) is 10.3. The molecule has 2 aromatic rings. The SMILES string of the molecule is O=C(Cc1cccc(F)c1)NCCc1cncs1. The molecule has 0 aliphatic carbocycles. The lowest BCUT2D eigenvalue weighted by Crippen LogP contribution is -2.27. The summed E-state index contributed by atoms with van der Waals surface area (Å²) in [7, 11) is 0. The maximum absolute atomic E-state index is 12.9. The predicted octanol–water partition coefficient (Wildman–Crippen LogP) is 2.18. The highest BCUT2D eigenvalue weighted by atomic mass is 32.1. The van der Waals surface area contributed by atoms with Crippen LogP contribution in [0.4, 0.5) is 4.39 Å². The minimum absolute atomic E-state index is 0.0925. The molecule has 18 heavy (non-hydrogen) atoms. The van der Waals surface area contributed by atoms with Gasteiger partial charge in [0.1, 0.15) is 5.82 Å². The first-order chi connectivity index (χ1) is 8.74. The molecule has 0 radical (unpaired) electrons. The Morgan fingerprint density at radius 2 is 2.33 bits per heavy atom. The molecule has 1 aromatic carbocycles. The van der Waals surface area contributed by atoms with Crippen molar-refractivity contribution in [3.8, 4) is 0 Å². The molecule has 0 spiro atoms. The average Bonchev–Trinajstić information content (AvgIpc) is 2.82. The Bertz CT molecular complexity index is 513. The second kappa shape index (κ2) is 6.26. The van der Waals surface area contributed by atoms with Crippen LogP contribution in [0.15, 0.2) is 36.0 Å². The lowest BCUT2D eigenvalue weighted by molar-refractivity contribution is -0.120. The Morgan fingerprint density at radius 3 is 3.06 bits per heavy atom. The number of nitrogens with zero attached hydrogens (tertiary/aromatic N) is 1. The van der Waals surface area contributed by atoms with Gasteiger partial charge in [0, 0.05) is 24.0 Å². The van der Waals surface area contributed by atoms with Crippen molar-refractivity contribution >= 4 is 17.2 Å². The molecule has 1 aromatic heterocycles. The number of rotatable bonds is 5. The van der Waals surface area contributed by atoms with Gasteiger partial charge in [0.15, 0.2) is 0 Å². The van der Waals surface area contributed by atoms with E-state index in [1.165, 1.54) is 12.1 Å². The molecule has 3 nitrogen and oxygen atoms in total. The molecule has 2 rings (SSSR count). The summed E-state index contributed by atoms with van der Waals surface area (Å²) in [5, 5.41) is 2.81. The number of carbonyl (C=O) groups is 1. The number of carbonyl (C=O) groups excluding carboxylic acids is 1. The zero-order valence-electron chi connectivity index (χ0n) is 9.73. The van der Waals surface area contributed by atoms with E-state index in [4.69, 9.17) is 0 Å². The highest BCUT2D eigenvalue weighted by Gasteiger charge is 2.04. The van der Waals surface area contributed by atoms with Gasteiger partial charge in [0.2, 0.25) is 5.91 Å². The summed E-state index contributed by atoms with van der Waals surface area (Å²) >= 11 is 1.57. The van der Waals surface area contributed by atoms with Crippen LogP contribution in [0.1, 0.15) is 10.4 Å². The Morgan fingerprint density at radius 1 is 1.44 bits per heavy atom. The predicted molar refractivity (Wildman–Crippen MR) is 68.9 cm³/mol. The minimum atomic E-state index is -0.315. The molecule has 1 amide bonds. The summed E-state index contributed by atoms with van der Waals surface area (Å²) in [4.78, 5) is 16.7. The van der Waals surface area contributed by atoms with Crippen molar-refractivity contribution in [3.05, 3.63) is 52.2 Å². The third kappa shape index (κ3) is 3.92. The fraction of sp³-hybridized carbons (Fsp3) is 0.231. The lowest BCUT2D eigenvalue weighted by Gasteiger charge is -2.04. The zero-order valence-corrected chi connectivity index (χ0v) is 10.5. The zero-order chi connectivity index (χ0) is 12.8. The van der Waals surface area contributed by atoms with Crippen LogP contribution < -0.4 is 5.32 Å². The summed E-state index contributed by atoms with van der Waals surface area (Å²) in [5.41, 5.74) is 2.45. The smallest absolute Gasteiger partial charge is 0.224 e. The lowest BCUT2D eigenvalue weighted by atomic mass is 10.1. The molecule has 1 N–H and O–H groups in total. The number of thiazole rings is 1. The van der Waals surface area contributed by atoms with Gasteiger partial charge in [-0.25, -0.2) is 4.39 Å². The van der Waals surface area contributed by atoms with Gasteiger partial charge in [-0.2, -0.15) is 0 Å². The van der Waals surface area contributed by atoms with E-state index in [-0.39, 0.29) is 18.1 Å². The fourth-order valence-corrected chi connectivity index (χ4v) is 2.18. The standard InChI is InChI=1S/C13H13FN2OS/c14-11-3-1-2-10(6-11)7-13(17)16-5-4-12-8-15-9-18-12/h1-3,6,8-9H,4-5,7H2,(H,16,17). The van der Waals surface area contributed by atoms with Crippen LogP contribution in [0, 0.1) is 5.82 Å². The van der Waals surface area contributed by atoms with E-state index in [1.54, 1.807) is 35.2 Å². The van der Waals surface area contributed by atoms with Crippen molar-refractivity contribution in [2.75, 3.05) is 6.54 Å². The molecule has 0 saturated carbocycles. The van der Waals surface area contributed by atoms with Crippen LogP contribution in [-0.4, -0.2) is 17.4 Å². The molecule has 0 atom stereocenters. The van der Waals surface area contributed by atoms with Crippen LogP contribution in [0.5, 0.6) is 0 Å². The molecule has 0 aliphatic rings. The highest BCUT2D eigenvalue weighted by Crippen LogP contribution is 2.06. The Kier molecular flexibility index (Phi) is 4.41. The van der Waals surface area contributed by atoms with Crippen LogP contribution >= 0.6 is 11.3 Å². The summed E-state index contributed by atoms with van der Waals surface area (Å²) in [6.45, 7) is 0.580. The molecular weight excluding hydrogens is 251 g/mol. The number of aromatic nitrogens is 1. The topological polar surface area (TPSA) is 42.0 Å². The van der Waals surface area contributed by atoms with E-state index in [1.807, 2.05) is 0 Å². The van der Waals surface area contributed by atoms with Crippen molar-refractivity contribution in [1.82, 2.24) is 10.3 Å². The maximum Gasteiger partial charge on any atom is 0.224 e. The van der Waals surface area contributed by atoms with Crippen molar-refractivity contribution in [2.45, 2.75) is 12.8 Å². The van der Waals surface area contributed by atoms with Crippen molar-refractivity contribution in [1.29, 1.82) is 0 Å². The summed E-state index contributed by atoms with van der Waals surface area (Å²) in [6.07, 6.45) is 2.78. The van der Waals surface area contributed by atoms with E-state index in [2.05, 4.69) is 10.3 Å². The Labute approximate surface area is 109 Å². The van der Waals surface area contributed by atoms with Crippen molar-refractivity contribution < 1.29 is 9.18 Å². The first kappa shape index (κ1) is 12.7. The van der Waals surface area contributed by atoms with Crippen molar-refractivity contribution in [2.24, 2.45) is 0 Å². The number of halogens is 1. The summed E-state index contributed by atoms with van der Waals surface area (Å²) in [5.74, 6) is -0.407. The molecule has 0 unspecified atom stereocenters. The number of hydrogen-bond donors (Lipinski definition) is 1. The van der Waals surface area contributed by atoms with Gasteiger partial charge in [-0.15, -0.1) is 11.3 Å². The molecule has 0 aliphatic heterocycles. The second-order valence-corrected chi connectivity index (χ2v) is 4.85. The van der Waals surface area contributed by atoms with E-state index >= 15 is 0 Å². The molecule has 0 saturated heterocycles. The largest absolute Gasteiger partial charge is 0.355 e. The van der Waals surface area contributed by atoms with Crippen LogP contribution in [0.2, 0.25) is 0 Å². The third-order valence-corrected chi connectivity index (χ3v) is 3.27. The first-order valence-corrected chi connectivity index (χ1v) is 6.50. The van der Waals surface area contributed by atoms with Gasteiger partial charge in [0.05, 0.1) is 11.9 Å². The monoisotopic (exact) mass is 264 g/mol.